The van der Waals surface area contributed by atoms with E-state index >= 15 is 0 Å². The van der Waals surface area contributed by atoms with Crippen LogP contribution in [0.3, 0.4) is 0 Å². The Morgan fingerprint density at radius 3 is 2.37 bits per heavy atom. The second-order valence-electron chi connectivity index (χ2n) is 14.4. The van der Waals surface area contributed by atoms with Gasteiger partial charge in [0.15, 0.2) is 0 Å². The van der Waals surface area contributed by atoms with Gasteiger partial charge in [0.1, 0.15) is 0 Å². The maximum atomic E-state index is 6.18. The van der Waals surface area contributed by atoms with Crippen molar-refractivity contribution in [3.05, 3.63) is 53.0 Å². The number of hydrogen-bond acceptors (Lipinski definition) is 3. The molecule has 1 aliphatic heterocycles. The van der Waals surface area contributed by atoms with Crippen molar-refractivity contribution in [3.8, 4) is 5.88 Å². The Balaban J connectivity index is 0.934. The van der Waals surface area contributed by atoms with Crippen LogP contribution in [-0.2, 0) is 19.3 Å². The Labute approximate surface area is 265 Å². The molecular formula is C39H58N2OS. The summed E-state index contributed by atoms with van der Waals surface area (Å²) in [5.74, 6) is 8.81. The van der Waals surface area contributed by atoms with Crippen molar-refractivity contribution >= 4 is 15.3 Å². The normalized spacial score (nSPS) is 27.2. The number of rotatable bonds is 12. The van der Waals surface area contributed by atoms with Gasteiger partial charge in [-0.15, -0.1) is 0 Å². The number of aromatic nitrogens is 2. The highest BCUT2D eigenvalue weighted by atomic mass is 32.2. The third-order valence-electron chi connectivity index (χ3n) is 11.6. The summed E-state index contributed by atoms with van der Waals surface area (Å²) in [4.78, 5) is 11.6. The van der Waals surface area contributed by atoms with E-state index < -0.39 is 0 Å². The summed E-state index contributed by atoms with van der Waals surface area (Å²) in [6.07, 6.45) is 25.6. The molecule has 5 unspecified atom stereocenters. The SMILES string of the molecule is CCc1cnc(C2CCCCC(C3CC3CCOc3ccc(CC(C(C)C4CCCC4)=S4CC4)cn3)CCC2)c(CC)c1. The van der Waals surface area contributed by atoms with Crippen molar-refractivity contribution in [1.82, 2.24) is 9.97 Å². The van der Waals surface area contributed by atoms with Crippen LogP contribution in [0.15, 0.2) is 30.6 Å². The first-order valence-corrected chi connectivity index (χ1v) is 19.8. The van der Waals surface area contributed by atoms with E-state index in [4.69, 9.17) is 14.7 Å². The van der Waals surface area contributed by atoms with Crippen molar-refractivity contribution in [1.29, 1.82) is 0 Å². The second kappa shape index (κ2) is 15.1. The lowest BCUT2D eigenvalue weighted by Gasteiger charge is -2.22. The van der Waals surface area contributed by atoms with Crippen LogP contribution in [0.5, 0.6) is 5.88 Å². The van der Waals surface area contributed by atoms with E-state index in [1.165, 1.54) is 117 Å². The van der Waals surface area contributed by atoms with E-state index in [1.807, 2.05) is 4.86 Å². The molecule has 4 heteroatoms. The highest BCUT2D eigenvalue weighted by molar-refractivity contribution is 8.22. The summed E-state index contributed by atoms with van der Waals surface area (Å²) in [6.45, 7) is 7.88. The smallest absolute Gasteiger partial charge is 0.213 e. The first-order valence-electron chi connectivity index (χ1n) is 18.2. The van der Waals surface area contributed by atoms with E-state index in [9.17, 15) is 0 Å². The zero-order valence-corrected chi connectivity index (χ0v) is 28.3. The lowest BCUT2D eigenvalue weighted by Crippen LogP contribution is -2.20. The van der Waals surface area contributed by atoms with Gasteiger partial charge in [-0.1, -0.05) is 77.8 Å². The monoisotopic (exact) mass is 602 g/mol. The highest BCUT2D eigenvalue weighted by Crippen LogP contribution is 2.50. The zero-order chi connectivity index (χ0) is 29.6. The average molecular weight is 603 g/mol. The van der Waals surface area contributed by atoms with Gasteiger partial charge in [0, 0.05) is 36.5 Å². The largest absolute Gasteiger partial charge is 0.478 e. The summed E-state index contributed by atoms with van der Waals surface area (Å²) in [5, 5.41) is 0. The van der Waals surface area contributed by atoms with Crippen LogP contribution >= 0.6 is 10.5 Å². The van der Waals surface area contributed by atoms with Crippen LogP contribution in [-0.4, -0.2) is 32.9 Å². The molecule has 0 radical (unpaired) electrons. The lowest BCUT2D eigenvalue weighted by atomic mass is 9.87. The molecule has 0 aromatic carbocycles. The third kappa shape index (κ3) is 8.33. The van der Waals surface area contributed by atoms with Crippen molar-refractivity contribution in [3.63, 3.8) is 0 Å². The maximum absolute atomic E-state index is 6.18. The van der Waals surface area contributed by atoms with E-state index in [0.29, 0.717) is 16.4 Å². The Hall–Kier alpha value is -1.68. The molecule has 3 saturated carbocycles. The van der Waals surface area contributed by atoms with Gasteiger partial charge in [-0.3, -0.25) is 4.98 Å². The molecule has 6 rings (SSSR count). The Morgan fingerprint density at radius 1 is 0.884 bits per heavy atom. The summed E-state index contributed by atoms with van der Waals surface area (Å²) in [5.41, 5.74) is 5.70. The molecule has 0 N–H and O–H groups in total. The number of aryl methyl sites for hydroxylation is 2. The fraction of sp³-hybridized carbons (Fsp3) is 0.718. The van der Waals surface area contributed by atoms with Crippen LogP contribution in [0.25, 0.3) is 0 Å². The molecule has 4 aliphatic rings. The fourth-order valence-electron chi connectivity index (χ4n) is 8.68. The molecule has 2 aromatic rings. The number of ether oxygens (including phenoxy) is 1. The molecule has 0 amide bonds. The molecular weight excluding hydrogens is 545 g/mol. The molecule has 5 atom stereocenters. The zero-order valence-electron chi connectivity index (χ0n) is 27.5. The Kier molecular flexibility index (Phi) is 11.0. The van der Waals surface area contributed by atoms with Crippen molar-refractivity contribution in [2.45, 2.75) is 129 Å². The molecule has 0 bridgehead atoms. The predicted molar refractivity (Wildman–Crippen MR) is 185 cm³/mol. The summed E-state index contributed by atoms with van der Waals surface area (Å²) >= 11 is 0. The minimum Gasteiger partial charge on any atom is -0.478 e. The minimum absolute atomic E-state index is 0.594. The summed E-state index contributed by atoms with van der Waals surface area (Å²) in [7, 11) is 0.594. The molecule has 236 valence electrons. The van der Waals surface area contributed by atoms with Crippen LogP contribution in [0.4, 0.5) is 0 Å². The van der Waals surface area contributed by atoms with Gasteiger partial charge < -0.3 is 4.74 Å². The van der Waals surface area contributed by atoms with E-state index in [2.05, 4.69) is 51.4 Å². The molecule has 4 fully saturated rings. The minimum atomic E-state index is 0.594. The van der Waals surface area contributed by atoms with Gasteiger partial charge >= 0.3 is 0 Å². The van der Waals surface area contributed by atoms with Crippen LogP contribution in [0.2, 0.25) is 0 Å². The molecule has 3 nitrogen and oxygen atoms in total. The van der Waals surface area contributed by atoms with E-state index in [0.717, 1.165) is 61.3 Å². The van der Waals surface area contributed by atoms with Crippen molar-refractivity contribution < 1.29 is 4.74 Å². The Morgan fingerprint density at radius 2 is 1.63 bits per heavy atom. The summed E-state index contributed by atoms with van der Waals surface area (Å²) < 4.78 is 6.18. The average Bonchev–Trinajstić information content (AvgIpc) is 3.96. The highest BCUT2D eigenvalue weighted by Gasteiger charge is 2.42. The molecule has 3 heterocycles. The van der Waals surface area contributed by atoms with Gasteiger partial charge in [-0.25, -0.2) is 4.98 Å². The van der Waals surface area contributed by atoms with Gasteiger partial charge in [0.05, 0.1) is 6.61 Å². The second-order valence-corrected chi connectivity index (χ2v) is 16.8. The van der Waals surface area contributed by atoms with Crippen LogP contribution in [0, 0.1) is 29.6 Å². The molecule has 1 saturated heterocycles. The van der Waals surface area contributed by atoms with Crippen molar-refractivity contribution in [2.24, 2.45) is 29.6 Å². The number of hydrogen-bond donors (Lipinski definition) is 0. The molecule has 0 spiro atoms. The first kappa shape index (κ1) is 31.3. The van der Waals surface area contributed by atoms with Gasteiger partial charge in [-0.05, 0) is 114 Å². The van der Waals surface area contributed by atoms with E-state index in [1.54, 1.807) is 0 Å². The van der Waals surface area contributed by atoms with Gasteiger partial charge in [-0.2, -0.15) is 10.5 Å². The predicted octanol–water partition coefficient (Wildman–Crippen LogP) is 9.97. The molecule has 43 heavy (non-hydrogen) atoms. The summed E-state index contributed by atoms with van der Waals surface area (Å²) in [6, 6.07) is 6.86. The Bertz CT molecular complexity index is 1210. The third-order valence-corrected chi connectivity index (χ3v) is 13.7. The van der Waals surface area contributed by atoms with Crippen molar-refractivity contribution in [2.75, 3.05) is 18.1 Å². The van der Waals surface area contributed by atoms with Gasteiger partial charge in [0.2, 0.25) is 5.88 Å². The van der Waals surface area contributed by atoms with Crippen LogP contribution in [0.1, 0.15) is 133 Å². The number of nitrogens with zero attached hydrogens (tertiary/aromatic N) is 2. The maximum Gasteiger partial charge on any atom is 0.213 e. The quantitative estimate of drug-likeness (QED) is 0.179. The molecule has 2 aromatic heterocycles. The fourth-order valence-corrected chi connectivity index (χ4v) is 10.6. The standard InChI is InChI=1S/C39H58N2OS/c1-4-29-23-31(5-2)39(41-26-29)34-14-9-8-13-33(15-10-16-34)36-25-35(36)19-20-42-38-18-17-30(27-40-38)24-37(43-21-22-43)28(3)32-11-6-7-12-32/h17-18,23,26-28,32-36H,4-16,19-22,24-25H2,1-3H3. The molecule has 3 aliphatic carbocycles. The number of pyridine rings is 2. The van der Waals surface area contributed by atoms with E-state index in [-0.39, 0.29) is 0 Å². The lowest BCUT2D eigenvalue weighted by molar-refractivity contribution is 0.278. The van der Waals surface area contributed by atoms with Gasteiger partial charge in [0.25, 0.3) is 0 Å². The topological polar surface area (TPSA) is 35.0 Å². The van der Waals surface area contributed by atoms with Crippen LogP contribution < -0.4 is 4.74 Å². The first-order chi connectivity index (χ1) is 21.1.